The van der Waals surface area contributed by atoms with E-state index in [0.29, 0.717) is 17.9 Å². The number of hydrogen-bond acceptors (Lipinski definition) is 3. The van der Waals surface area contributed by atoms with E-state index in [-0.39, 0.29) is 7.43 Å². The topological polar surface area (TPSA) is 75.2 Å². The Balaban J connectivity index is 0.000000339. The standard InChI is InChI=1S/3C6H10N2.CH4/c1-5(2)6-3-7-8-4-6;1-6(2)8-5-3-4-7-8;1-5(2)6-3-4-7-8-6;/h3-5H,1-2H3,(H,7,8);3-6H,1-2H3;3-5H,1-2H3,(H,7,8);1H4. The molecule has 3 aromatic rings. The summed E-state index contributed by atoms with van der Waals surface area (Å²) in [7, 11) is 0. The third kappa shape index (κ3) is 8.88. The largest absolute Gasteiger partial charge is 0.285 e. The van der Waals surface area contributed by atoms with Crippen LogP contribution in [0.1, 0.15) is 78.1 Å². The van der Waals surface area contributed by atoms with Gasteiger partial charge in [0.1, 0.15) is 0 Å². The zero-order valence-corrected chi connectivity index (χ0v) is 15.6. The maximum Gasteiger partial charge on any atom is 0.0521 e. The second-order valence-corrected chi connectivity index (χ2v) is 6.43. The van der Waals surface area contributed by atoms with Gasteiger partial charge in [0.15, 0.2) is 0 Å². The van der Waals surface area contributed by atoms with Crippen molar-refractivity contribution in [1.82, 2.24) is 30.2 Å². The summed E-state index contributed by atoms with van der Waals surface area (Å²) in [4.78, 5) is 0. The van der Waals surface area contributed by atoms with Crippen LogP contribution in [-0.2, 0) is 0 Å². The Hall–Kier alpha value is -2.37. The van der Waals surface area contributed by atoms with Crippen molar-refractivity contribution in [2.45, 2.75) is 66.8 Å². The molecule has 0 bridgehead atoms. The van der Waals surface area contributed by atoms with Gasteiger partial charge in [-0.05, 0) is 43.4 Å². The van der Waals surface area contributed by atoms with E-state index >= 15 is 0 Å². The number of hydrogen-bond donors (Lipinski definition) is 2. The predicted molar refractivity (Wildman–Crippen MR) is 105 cm³/mol. The second kappa shape index (κ2) is 12.1. The van der Waals surface area contributed by atoms with Gasteiger partial charge >= 0.3 is 0 Å². The maximum atomic E-state index is 4.03. The van der Waals surface area contributed by atoms with E-state index in [2.05, 4.69) is 67.0 Å². The Bertz CT molecular complexity index is 516. The fraction of sp³-hybridized carbons (Fsp3) is 0.526. The molecule has 0 amide bonds. The third-order valence-corrected chi connectivity index (χ3v) is 3.38. The Morgan fingerprint density at radius 1 is 0.960 bits per heavy atom. The van der Waals surface area contributed by atoms with E-state index in [4.69, 9.17) is 0 Å². The first kappa shape index (κ1) is 22.6. The minimum atomic E-state index is 0. The molecule has 0 atom stereocenters. The van der Waals surface area contributed by atoms with Crippen LogP contribution in [0.25, 0.3) is 0 Å². The number of nitrogens with one attached hydrogen (secondary N) is 2. The minimum Gasteiger partial charge on any atom is -0.285 e. The monoisotopic (exact) mass is 346 g/mol. The van der Waals surface area contributed by atoms with Crippen molar-refractivity contribution in [3.05, 3.63) is 54.4 Å². The number of nitrogens with zero attached hydrogens (tertiary/aromatic N) is 4. The average molecular weight is 347 g/mol. The molecule has 3 heterocycles. The highest BCUT2D eigenvalue weighted by Crippen LogP contribution is 2.09. The van der Waals surface area contributed by atoms with Gasteiger partial charge in [-0.25, -0.2) is 0 Å². The van der Waals surface area contributed by atoms with E-state index in [1.807, 2.05) is 35.4 Å². The molecule has 0 aliphatic carbocycles. The molecule has 0 aromatic carbocycles. The molecule has 6 nitrogen and oxygen atoms in total. The summed E-state index contributed by atoms with van der Waals surface area (Å²) < 4.78 is 1.92. The van der Waals surface area contributed by atoms with Gasteiger partial charge < -0.3 is 0 Å². The van der Waals surface area contributed by atoms with Crippen LogP contribution in [0.15, 0.2) is 43.1 Å². The third-order valence-electron chi connectivity index (χ3n) is 3.38. The molecule has 25 heavy (non-hydrogen) atoms. The van der Waals surface area contributed by atoms with Gasteiger partial charge in [0.2, 0.25) is 0 Å². The van der Waals surface area contributed by atoms with E-state index in [1.54, 1.807) is 12.4 Å². The minimum absolute atomic E-state index is 0. The summed E-state index contributed by atoms with van der Waals surface area (Å²) in [6.45, 7) is 12.8. The molecule has 6 heteroatoms. The summed E-state index contributed by atoms with van der Waals surface area (Å²) in [5, 5.41) is 17.3. The second-order valence-electron chi connectivity index (χ2n) is 6.43. The molecule has 3 rings (SSSR count). The molecule has 0 radical (unpaired) electrons. The van der Waals surface area contributed by atoms with Gasteiger partial charge in [0.05, 0.1) is 6.20 Å². The summed E-state index contributed by atoms with van der Waals surface area (Å²) >= 11 is 0. The quantitative estimate of drug-likeness (QED) is 0.687. The van der Waals surface area contributed by atoms with Gasteiger partial charge in [0, 0.05) is 36.5 Å². The Kier molecular flexibility index (Phi) is 10.9. The summed E-state index contributed by atoms with van der Waals surface area (Å²) in [5.74, 6) is 1.16. The lowest BCUT2D eigenvalue weighted by Crippen LogP contribution is -1.99. The van der Waals surface area contributed by atoms with Crippen LogP contribution in [-0.4, -0.2) is 30.2 Å². The molecule has 0 saturated heterocycles. The van der Waals surface area contributed by atoms with Crippen LogP contribution in [0.5, 0.6) is 0 Å². The Morgan fingerprint density at radius 3 is 1.92 bits per heavy atom. The SMILES string of the molecule is C.CC(C)c1ccn[nH]1.CC(C)c1cn[nH]c1.CC(C)n1cccn1. The molecule has 3 aromatic heterocycles. The van der Waals surface area contributed by atoms with E-state index in [9.17, 15) is 0 Å². The van der Waals surface area contributed by atoms with Crippen molar-refractivity contribution < 1.29 is 0 Å². The molecule has 2 N–H and O–H groups in total. The fourth-order valence-electron chi connectivity index (χ4n) is 1.75. The molecule has 0 aliphatic heterocycles. The van der Waals surface area contributed by atoms with Crippen LogP contribution < -0.4 is 0 Å². The molecule has 140 valence electrons. The summed E-state index contributed by atoms with van der Waals surface area (Å²) in [5.41, 5.74) is 2.47. The number of rotatable bonds is 3. The predicted octanol–water partition coefficient (Wildman–Crippen LogP) is 5.17. The van der Waals surface area contributed by atoms with Gasteiger partial charge in [-0.1, -0.05) is 35.1 Å². The summed E-state index contributed by atoms with van der Waals surface area (Å²) in [6.07, 6.45) is 9.30. The highest BCUT2D eigenvalue weighted by atomic mass is 15.3. The lowest BCUT2D eigenvalue weighted by atomic mass is 10.1. The molecule has 0 spiro atoms. The number of aromatic amines is 2. The lowest BCUT2D eigenvalue weighted by Gasteiger charge is -2.01. The van der Waals surface area contributed by atoms with Crippen molar-refractivity contribution in [1.29, 1.82) is 0 Å². The van der Waals surface area contributed by atoms with E-state index in [0.717, 1.165) is 0 Å². The van der Waals surface area contributed by atoms with Gasteiger partial charge in [-0.2, -0.15) is 15.3 Å². The lowest BCUT2D eigenvalue weighted by molar-refractivity contribution is 0.532. The van der Waals surface area contributed by atoms with Gasteiger partial charge in [-0.3, -0.25) is 14.9 Å². The first-order chi connectivity index (χ1) is 11.4. The van der Waals surface area contributed by atoms with E-state index in [1.165, 1.54) is 11.3 Å². The maximum absolute atomic E-state index is 4.03. The summed E-state index contributed by atoms with van der Waals surface area (Å²) in [6, 6.07) is 4.41. The van der Waals surface area contributed by atoms with Crippen molar-refractivity contribution in [2.24, 2.45) is 0 Å². The smallest absolute Gasteiger partial charge is 0.0521 e. The first-order valence-corrected chi connectivity index (χ1v) is 8.38. The normalized spacial score (nSPS) is 9.96. The first-order valence-electron chi connectivity index (χ1n) is 8.38. The van der Waals surface area contributed by atoms with Crippen LogP contribution in [0.4, 0.5) is 0 Å². The fourth-order valence-corrected chi connectivity index (χ4v) is 1.75. The van der Waals surface area contributed by atoms with Crippen LogP contribution in [0.3, 0.4) is 0 Å². The van der Waals surface area contributed by atoms with Crippen LogP contribution >= 0.6 is 0 Å². The number of H-pyrrole nitrogens is 2. The zero-order valence-electron chi connectivity index (χ0n) is 15.6. The van der Waals surface area contributed by atoms with Crippen molar-refractivity contribution in [2.75, 3.05) is 0 Å². The molecule has 0 aliphatic rings. The molecular formula is C19H34N6. The molecule has 0 saturated carbocycles. The highest BCUT2D eigenvalue weighted by molar-refractivity contribution is 5.06. The van der Waals surface area contributed by atoms with Crippen LogP contribution in [0, 0.1) is 0 Å². The number of aromatic nitrogens is 6. The van der Waals surface area contributed by atoms with Gasteiger partial charge in [0.25, 0.3) is 0 Å². The molecule has 0 fully saturated rings. The average Bonchev–Trinajstić information content (AvgIpc) is 3.29. The van der Waals surface area contributed by atoms with Crippen molar-refractivity contribution in [3.8, 4) is 0 Å². The Morgan fingerprint density at radius 2 is 1.68 bits per heavy atom. The van der Waals surface area contributed by atoms with Crippen LogP contribution in [0.2, 0.25) is 0 Å². The Labute approximate surface area is 152 Å². The molecular weight excluding hydrogens is 312 g/mol. The van der Waals surface area contributed by atoms with Crippen molar-refractivity contribution >= 4 is 0 Å². The highest BCUT2D eigenvalue weighted by Gasteiger charge is 1.96. The molecule has 0 unspecified atom stereocenters. The van der Waals surface area contributed by atoms with Gasteiger partial charge in [-0.15, -0.1) is 0 Å². The zero-order chi connectivity index (χ0) is 17.9. The van der Waals surface area contributed by atoms with E-state index < -0.39 is 0 Å². The van der Waals surface area contributed by atoms with Crippen molar-refractivity contribution in [3.63, 3.8) is 0 Å².